The largest absolute Gasteiger partial charge is 1.00 e. The molecule has 0 saturated carbocycles. The maximum Gasteiger partial charge on any atom is 0.214 e. The Kier molecular flexibility index (Phi) is 14.0. The molecule has 0 heterocycles. The van der Waals surface area contributed by atoms with Crippen LogP contribution >= 0.6 is 0 Å². The number of likely N-dealkylation sites (N-methyl/N-ethyl adjacent to an activating group) is 1. The maximum absolute atomic E-state index is 11.8. The Hall–Kier alpha value is -0.910. The summed E-state index contributed by atoms with van der Waals surface area (Å²) in [5.74, 6) is 0.00174. The topological polar surface area (TPSA) is 62.8 Å². The van der Waals surface area contributed by atoms with Crippen molar-refractivity contribution in [1.82, 2.24) is 6.15 Å². The smallest absolute Gasteiger partial charge is 0.214 e. The van der Waals surface area contributed by atoms with Crippen LogP contribution in [0.25, 0.3) is 0 Å². The van der Waals surface area contributed by atoms with E-state index in [4.69, 9.17) is 4.84 Å². The Bertz CT molecular complexity index is 415. The van der Waals surface area contributed by atoms with E-state index >= 15 is 0 Å². The lowest BCUT2D eigenvalue weighted by Crippen LogP contribution is -3.00. The number of ketones is 1. The van der Waals surface area contributed by atoms with Gasteiger partial charge in [0.05, 0.1) is 7.05 Å². The van der Waals surface area contributed by atoms with E-state index in [0.29, 0.717) is 13.2 Å². The van der Waals surface area contributed by atoms with E-state index in [-0.39, 0.29) is 47.4 Å². The fourth-order valence-corrected chi connectivity index (χ4v) is 1.97. The highest BCUT2D eigenvalue weighted by Gasteiger charge is 2.35. The molecule has 4 N–H and O–H groups in total. The molecule has 0 bridgehead atoms. The first-order valence-electron chi connectivity index (χ1n) is 6.23. The molecular weight excluding hydrogens is 311 g/mol. The Labute approximate surface area is 140 Å². The number of benzene rings is 1. The Morgan fingerprint density at radius 2 is 1.86 bits per heavy atom. The summed E-state index contributed by atoms with van der Waals surface area (Å²) in [6.45, 7) is 8.59. The fourth-order valence-electron chi connectivity index (χ4n) is 1.97. The zero-order valence-electron chi connectivity index (χ0n) is 13.2. The predicted molar refractivity (Wildman–Crippen MR) is 78.6 cm³/mol. The van der Waals surface area contributed by atoms with Gasteiger partial charge in [0.25, 0.3) is 0 Å². The lowest BCUT2D eigenvalue weighted by Gasteiger charge is -2.35. The number of halogens is 2. The van der Waals surface area contributed by atoms with Gasteiger partial charge in [-0.2, -0.15) is 4.65 Å². The van der Waals surface area contributed by atoms with Crippen LogP contribution in [-0.4, -0.2) is 30.1 Å². The van der Waals surface area contributed by atoms with Crippen molar-refractivity contribution < 1.29 is 39.1 Å². The van der Waals surface area contributed by atoms with Crippen LogP contribution < -0.4 is 31.0 Å². The molecule has 0 fully saturated rings. The van der Waals surface area contributed by atoms with Crippen LogP contribution in [0.5, 0.6) is 0 Å². The molecule has 4 nitrogen and oxygen atoms in total. The highest BCUT2D eigenvalue weighted by molar-refractivity contribution is 5.92. The van der Waals surface area contributed by atoms with Crippen molar-refractivity contribution >= 4 is 5.78 Å². The molecule has 0 aliphatic carbocycles. The summed E-state index contributed by atoms with van der Waals surface area (Å²) in [6, 6.07) is 9.79. The highest BCUT2D eigenvalue weighted by Crippen LogP contribution is 2.18. The maximum atomic E-state index is 11.8. The summed E-state index contributed by atoms with van der Waals surface area (Å²) in [6.07, 6.45) is 1.37. The Morgan fingerprint density at radius 3 is 2.29 bits per heavy atom. The van der Waals surface area contributed by atoms with E-state index in [9.17, 15) is 4.79 Å². The Balaban J connectivity index is -0.00000108. The first-order chi connectivity index (χ1) is 8.53. The molecule has 2 atom stereocenters. The number of nitrogens with zero attached hydrogens (tertiary/aromatic N) is 1. The number of hydrogen-bond acceptors (Lipinski definition) is 2. The van der Waals surface area contributed by atoms with Crippen molar-refractivity contribution in [2.75, 3.05) is 13.7 Å². The Morgan fingerprint density at radius 1 is 1.33 bits per heavy atom. The van der Waals surface area contributed by atoms with Gasteiger partial charge in [-0.25, -0.2) is 4.84 Å². The van der Waals surface area contributed by atoms with Crippen LogP contribution in [0.15, 0.2) is 43.0 Å². The van der Waals surface area contributed by atoms with Crippen molar-refractivity contribution in [2.24, 2.45) is 0 Å². The van der Waals surface area contributed by atoms with Gasteiger partial charge in [0.15, 0.2) is 6.04 Å². The minimum absolute atomic E-state index is 0. The van der Waals surface area contributed by atoms with Crippen LogP contribution in [0, 0.1) is 0 Å². The van der Waals surface area contributed by atoms with E-state index in [1.165, 1.54) is 6.08 Å². The molecule has 0 saturated heterocycles. The van der Waals surface area contributed by atoms with Gasteiger partial charge in [-0.3, -0.25) is 4.79 Å². The number of quaternary nitrogens is 2. The predicted octanol–water partition coefficient (Wildman–Crippen LogP) is -2.89. The molecule has 0 aliphatic heterocycles. The van der Waals surface area contributed by atoms with Gasteiger partial charge >= 0.3 is 0 Å². The van der Waals surface area contributed by atoms with E-state index < -0.39 is 0 Å². The molecular formula is C15H26Cl2N2O2. The lowest BCUT2D eigenvalue weighted by molar-refractivity contribution is -1.11. The molecule has 0 spiro atoms. The van der Waals surface area contributed by atoms with E-state index in [1.54, 1.807) is 0 Å². The molecule has 0 amide bonds. The lowest BCUT2D eigenvalue weighted by atomic mass is 10.1. The SMILES string of the molecule is C=CC(=O)C(C)[N+](C)(Cc1ccccc1)OCC.[Cl-].[Cl-].[NH4+]. The van der Waals surface area contributed by atoms with Gasteiger partial charge in [-0.1, -0.05) is 36.9 Å². The van der Waals surface area contributed by atoms with Gasteiger partial charge in [0.2, 0.25) is 5.78 Å². The van der Waals surface area contributed by atoms with Gasteiger partial charge < -0.3 is 31.0 Å². The van der Waals surface area contributed by atoms with Crippen LogP contribution in [-0.2, 0) is 16.2 Å². The molecule has 1 aromatic carbocycles. The van der Waals surface area contributed by atoms with Gasteiger partial charge in [0, 0.05) is 5.56 Å². The van der Waals surface area contributed by atoms with Gasteiger partial charge in [0.1, 0.15) is 13.2 Å². The standard InChI is InChI=1S/C15H22NO2.2ClH.H3N/c1-5-15(17)13(3)16(4,18-6-2)12-14-10-8-7-9-11-14;;;/h5,7-11,13H,1,6,12H2,2-4H3;2*1H;1H3/q+1;;;/p-1. The minimum atomic E-state index is -0.261. The first-order valence-corrected chi connectivity index (χ1v) is 6.23. The molecule has 2 unspecified atom stereocenters. The summed E-state index contributed by atoms with van der Waals surface area (Å²) < 4.78 is 0.241. The van der Waals surface area contributed by atoms with Crippen molar-refractivity contribution in [3.8, 4) is 0 Å². The van der Waals surface area contributed by atoms with Crippen LogP contribution in [0.2, 0.25) is 0 Å². The van der Waals surface area contributed by atoms with E-state index in [1.807, 2.05) is 51.2 Å². The molecule has 0 aromatic heterocycles. The number of carbonyl (C=O) groups is 1. The van der Waals surface area contributed by atoms with Gasteiger partial charge in [-0.05, 0) is 19.9 Å². The third-order valence-corrected chi connectivity index (χ3v) is 3.20. The monoisotopic (exact) mass is 336 g/mol. The molecule has 21 heavy (non-hydrogen) atoms. The van der Waals surface area contributed by atoms with Crippen molar-refractivity contribution in [2.45, 2.75) is 26.4 Å². The molecule has 1 aromatic rings. The summed E-state index contributed by atoms with van der Waals surface area (Å²) >= 11 is 0. The summed E-state index contributed by atoms with van der Waals surface area (Å²) in [5, 5.41) is 0. The number of hydrogen-bond donors (Lipinski definition) is 1. The molecule has 0 aliphatic rings. The third kappa shape index (κ3) is 7.07. The number of carbonyl (C=O) groups excluding carboxylic acids is 1. The van der Waals surface area contributed by atoms with Gasteiger partial charge in [-0.15, -0.1) is 0 Å². The fraction of sp³-hybridized carbons (Fsp3) is 0.400. The number of hydroxylamine groups is 3. The number of rotatable bonds is 7. The second kappa shape index (κ2) is 11.7. The average molecular weight is 337 g/mol. The first kappa shape index (κ1) is 25.1. The summed E-state index contributed by atoms with van der Waals surface area (Å²) in [4.78, 5) is 17.6. The molecule has 0 radical (unpaired) electrons. The second-order valence-corrected chi connectivity index (χ2v) is 4.52. The molecule has 1 rings (SSSR count). The van der Waals surface area contributed by atoms with E-state index in [0.717, 1.165) is 5.56 Å². The average Bonchev–Trinajstić information content (AvgIpc) is 2.38. The quantitative estimate of drug-likeness (QED) is 0.330. The van der Waals surface area contributed by atoms with Crippen LogP contribution in [0.4, 0.5) is 0 Å². The zero-order valence-corrected chi connectivity index (χ0v) is 14.7. The van der Waals surface area contributed by atoms with E-state index in [2.05, 4.69) is 6.58 Å². The summed E-state index contributed by atoms with van der Waals surface area (Å²) in [5.41, 5.74) is 1.15. The normalized spacial score (nSPS) is 13.5. The molecule has 6 heteroatoms. The summed E-state index contributed by atoms with van der Waals surface area (Å²) in [7, 11) is 1.93. The van der Waals surface area contributed by atoms with Crippen LogP contribution in [0.3, 0.4) is 0 Å². The van der Waals surface area contributed by atoms with Crippen molar-refractivity contribution in [3.63, 3.8) is 0 Å². The minimum Gasteiger partial charge on any atom is -1.00 e. The third-order valence-electron chi connectivity index (χ3n) is 3.20. The van der Waals surface area contributed by atoms with Crippen molar-refractivity contribution in [3.05, 3.63) is 48.6 Å². The van der Waals surface area contributed by atoms with Crippen molar-refractivity contribution in [1.29, 1.82) is 0 Å². The zero-order chi connectivity index (χ0) is 13.6. The van der Waals surface area contributed by atoms with Crippen LogP contribution in [0.1, 0.15) is 19.4 Å². The highest BCUT2D eigenvalue weighted by atomic mass is 35.5. The molecule has 122 valence electrons. The second-order valence-electron chi connectivity index (χ2n) is 4.52.